The van der Waals surface area contributed by atoms with Crippen LogP contribution in [0.4, 0.5) is 8.78 Å². The molecule has 2 nitrogen and oxygen atoms in total. The van der Waals surface area contributed by atoms with Crippen LogP contribution in [-0.4, -0.2) is 24.5 Å². The standard InChI is InChI=1S/C17H26F2N2/c1-3-17(2)8-11-21(12-9-17)10-7-15(20)13-5-4-6-14(18)16(13)19/h4-6,15H,3,7-12,20H2,1-2H3. The summed E-state index contributed by atoms with van der Waals surface area (Å²) in [6.07, 6.45) is 4.28. The van der Waals surface area contributed by atoms with E-state index < -0.39 is 17.7 Å². The maximum absolute atomic E-state index is 13.7. The smallest absolute Gasteiger partial charge is 0.163 e. The zero-order valence-corrected chi connectivity index (χ0v) is 13.0. The molecule has 1 aliphatic rings. The quantitative estimate of drug-likeness (QED) is 0.894. The van der Waals surface area contributed by atoms with Crippen LogP contribution in [0.25, 0.3) is 0 Å². The second-order valence-corrected chi connectivity index (χ2v) is 6.54. The van der Waals surface area contributed by atoms with Crippen molar-refractivity contribution in [3.05, 3.63) is 35.4 Å². The van der Waals surface area contributed by atoms with E-state index in [4.69, 9.17) is 5.73 Å². The number of hydrogen-bond acceptors (Lipinski definition) is 2. The van der Waals surface area contributed by atoms with Crippen LogP contribution in [0, 0.1) is 17.0 Å². The van der Waals surface area contributed by atoms with Crippen LogP contribution in [0.3, 0.4) is 0 Å². The molecule has 1 atom stereocenters. The van der Waals surface area contributed by atoms with Gasteiger partial charge in [0.15, 0.2) is 11.6 Å². The molecule has 0 spiro atoms. The first kappa shape index (κ1) is 16.4. The molecule has 1 fully saturated rings. The van der Waals surface area contributed by atoms with Crippen LogP contribution >= 0.6 is 0 Å². The Kier molecular flexibility index (Phi) is 5.33. The van der Waals surface area contributed by atoms with Gasteiger partial charge >= 0.3 is 0 Å². The topological polar surface area (TPSA) is 29.3 Å². The second-order valence-electron chi connectivity index (χ2n) is 6.54. The van der Waals surface area contributed by atoms with Crippen molar-refractivity contribution < 1.29 is 8.78 Å². The SMILES string of the molecule is CCC1(C)CCN(CCC(N)c2cccc(F)c2F)CC1. The van der Waals surface area contributed by atoms with E-state index in [1.807, 2.05) is 0 Å². The third kappa shape index (κ3) is 4.01. The molecule has 2 rings (SSSR count). The summed E-state index contributed by atoms with van der Waals surface area (Å²) in [5.74, 6) is -1.62. The Morgan fingerprint density at radius 1 is 1.29 bits per heavy atom. The van der Waals surface area contributed by atoms with Crippen molar-refractivity contribution in [2.45, 2.75) is 45.6 Å². The van der Waals surface area contributed by atoms with Gasteiger partial charge in [0, 0.05) is 11.6 Å². The molecule has 2 N–H and O–H groups in total. The fourth-order valence-electron chi connectivity index (χ4n) is 2.95. The van der Waals surface area contributed by atoms with Crippen LogP contribution < -0.4 is 5.73 Å². The lowest BCUT2D eigenvalue weighted by Crippen LogP contribution is -2.39. The van der Waals surface area contributed by atoms with Crippen molar-refractivity contribution in [3.8, 4) is 0 Å². The Hall–Kier alpha value is -1.00. The van der Waals surface area contributed by atoms with E-state index in [1.54, 1.807) is 6.07 Å². The highest BCUT2D eigenvalue weighted by Crippen LogP contribution is 2.34. The van der Waals surface area contributed by atoms with Gasteiger partial charge in [0.1, 0.15) is 0 Å². The zero-order valence-electron chi connectivity index (χ0n) is 13.0. The maximum Gasteiger partial charge on any atom is 0.163 e. The second kappa shape index (κ2) is 6.84. The van der Waals surface area contributed by atoms with Crippen molar-refractivity contribution >= 4 is 0 Å². The first-order valence-electron chi connectivity index (χ1n) is 7.87. The average molecular weight is 296 g/mol. The molecule has 0 bridgehead atoms. The summed E-state index contributed by atoms with van der Waals surface area (Å²) in [7, 11) is 0. The lowest BCUT2D eigenvalue weighted by atomic mass is 9.78. The van der Waals surface area contributed by atoms with Gasteiger partial charge in [0.2, 0.25) is 0 Å². The summed E-state index contributed by atoms with van der Waals surface area (Å²) in [5, 5.41) is 0. The fourth-order valence-corrected chi connectivity index (χ4v) is 2.95. The molecule has 0 radical (unpaired) electrons. The van der Waals surface area contributed by atoms with Gasteiger partial charge in [-0.1, -0.05) is 32.4 Å². The Balaban J connectivity index is 1.85. The lowest BCUT2D eigenvalue weighted by molar-refractivity contribution is 0.112. The fraction of sp³-hybridized carbons (Fsp3) is 0.647. The molecule has 1 saturated heterocycles. The number of nitrogens with two attached hydrogens (primary N) is 1. The van der Waals surface area contributed by atoms with Crippen LogP contribution in [-0.2, 0) is 0 Å². The molecule has 0 aliphatic carbocycles. The zero-order chi connectivity index (χ0) is 15.5. The first-order chi connectivity index (χ1) is 9.95. The number of nitrogens with zero attached hydrogens (tertiary/aromatic N) is 1. The molecule has 0 aromatic heterocycles. The third-order valence-corrected chi connectivity index (χ3v) is 5.05. The summed E-state index contributed by atoms with van der Waals surface area (Å²) in [5.41, 5.74) is 6.78. The molecular formula is C17H26F2N2. The number of likely N-dealkylation sites (tertiary alicyclic amines) is 1. The number of hydrogen-bond donors (Lipinski definition) is 1. The lowest BCUT2D eigenvalue weighted by Gasteiger charge is -2.39. The van der Waals surface area contributed by atoms with Gasteiger partial charge in [-0.25, -0.2) is 8.78 Å². The third-order valence-electron chi connectivity index (χ3n) is 5.05. The van der Waals surface area contributed by atoms with Gasteiger partial charge in [0.05, 0.1) is 0 Å². The molecule has 0 amide bonds. The number of piperidine rings is 1. The minimum atomic E-state index is -0.820. The Bertz CT molecular complexity index is 468. The molecule has 118 valence electrons. The van der Waals surface area contributed by atoms with Crippen LogP contribution in [0.15, 0.2) is 18.2 Å². The predicted molar refractivity (Wildman–Crippen MR) is 82.0 cm³/mol. The van der Waals surface area contributed by atoms with Gasteiger partial charge in [-0.15, -0.1) is 0 Å². The van der Waals surface area contributed by atoms with E-state index in [0.717, 1.165) is 25.7 Å². The van der Waals surface area contributed by atoms with Gasteiger partial charge in [-0.05, 0) is 50.4 Å². The number of benzene rings is 1. The van der Waals surface area contributed by atoms with Gasteiger partial charge in [-0.3, -0.25) is 0 Å². The van der Waals surface area contributed by atoms with E-state index in [9.17, 15) is 8.78 Å². The molecule has 1 unspecified atom stereocenters. The summed E-state index contributed by atoms with van der Waals surface area (Å²) >= 11 is 0. The Morgan fingerprint density at radius 2 is 1.95 bits per heavy atom. The summed E-state index contributed by atoms with van der Waals surface area (Å²) in [6.45, 7) is 7.58. The van der Waals surface area contributed by atoms with Crippen molar-refractivity contribution in [1.82, 2.24) is 4.90 Å². The average Bonchev–Trinajstić information content (AvgIpc) is 2.49. The largest absolute Gasteiger partial charge is 0.324 e. The first-order valence-corrected chi connectivity index (χ1v) is 7.87. The van der Waals surface area contributed by atoms with E-state index >= 15 is 0 Å². The highest BCUT2D eigenvalue weighted by molar-refractivity contribution is 5.22. The van der Waals surface area contributed by atoms with E-state index in [-0.39, 0.29) is 5.56 Å². The Morgan fingerprint density at radius 3 is 2.57 bits per heavy atom. The van der Waals surface area contributed by atoms with Crippen molar-refractivity contribution in [2.24, 2.45) is 11.1 Å². The Labute approximate surface area is 126 Å². The molecule has 4 heteroatoms. The minimum Gasteiger partial charge on any atom is -0.324 e. The highest BCUT2D eigenvalue weighted by Gasteiger charge is 2.28. The minimum absolute atomic E-state index is 0.283. The van der Waals surface area contributed by atoms with Gasteiger partial charge in [-0.2, -0.15) is 0 Å². The van der Waals surface area contributed by atoms with E-state index in [0.29, 0.717) is 11.8 Å². The molecule has 1 heterocycles. The van der Waals surface area contributed by atoms with Gasteiger partial charge < -0.3 is 10.6 Å². The summed E-state index contributed by atoms with van der Waals surface area (Å²) in [6, 6.07) is 3.77. The molecule has 1 aromatic carbocycles. The van der Waals surface area contributed by atoms with Crippen LogP contribution in [0.1, 0.15) is 51.1 Å². The molecule has 0 saturated carbocycles. The highest BCUT2D eigenvalue weighted by atomic mass is 19.2. The van der Waals surface area contributed by atoms with E-state index in [2.05, 4.69) is 18.7 Å². The monoisotopic (exact) mass is 296 g/mol. The maximum atomic E-state index is 13.7. The summed E-state index contributed by atoms with van der Waals surface area (Å²) in [4.78, 5) is 2.38. The molecule has 1 aliphatic heterocycles. The molecule has 1 aromatic rings. The number of rotatable bonds is 5. The summed E-state index contributed by atoms with van der Waals surface area (Å²) < 4.78 is 26.9. The molecule has 21 heavy (non-hydrogen) atoms. The van der Waals surface area contributed by atoms with Gasteiger partial charge in [0.25, 0.3) is 0 Å². The molecular weight excluding hydrogens is 270 g/mol. The predicted octanol–water partition coefficient (Wildman–Crippen LogP) is 3.87. The van der Waals surface area contributed by atoms with E-state index in [1.165, 1.54) is 25.3 Å². The van der Waals surface area contributed by atoms with Crippen molar-refractivity contribution in [1.29, 1.82) is 0 Å². The number of halogens is 2. The normalized spacial score (nSPS) is 20.4. The van der Waals surface area contributed by atoms with Crippen molar-refractivity contribution in [2.75, 3.05) is 19.6 Å². The van der Waals surface area contributed by atoms with Crippen molar-refractivity contribution in [3.63, 3.8) is 0 Å². The van der Waals surface area contributed by atoms with Crippen LogP contribution in [0.5, 0.6) is 0 Å². The van der Waals surface area contributed by atoms with Crippen LogP contribution in [0.2, 0.25) is 0 Å².